The number of hydrogen-bond donors (Lipinski definition) is 1. The van der Waals surface area contributed by atoms with Gasteiger partial charge in [-0.2, -0.15) is 0 Å². The molecule has 4 nitrogen and oxygen atoms in total. The lowest BCUT2D eigenvalue weighted by Gasteiger charge is -2.28. The number of ketones is 1. The molecule has 1 aliphatic carbocycles. The topological polar surface area (TPSA) is 55.8 Å². The third kappa shape index (κ3) is 5.32. The van der Waals surface area contributed by atoms with Gasteiger partial charge in [0.1, 0.15) is 0 Å². The first-order valence-corrected chi connectivity index (χ1v) is 8.40. The lowest BCUT2D eigenvalue weighted by molar-refractivity contribution is -0.122. The Morgan fingerprint density at radius 1 is 1.33 bits per heavy atom. The van der Waals surface area contributed by atoms with Crippen molar-refractivity contribution >= 4 is 5.78 Å². The average molecular weight is 330 g/mol. The van der Waals surface area contributed by atoms with Gasteiger partial charge in [-0.15, -0.1) is 0 Å². The van der Waals surface area contributed by atoms with Gasteiger partial charge >= 0.3 is 0 Å². The maximum atomic E-state index is 12.3. The summed E-state index contributed by atoms with van der Waals surface area (Å²) in [5.41, 5.74) is 0.484. The Morgan fingerprint density at radius 3 is 2.75 bits per heavy atom. The fourth-order valence-electron chi connectivity index (χ4n) is 2.60. The minimum absolute atomic E-state index is 0.0193. The number of carbonyl (C=O) groups excluding carboxylic acids is 1. The second-order valence-electron chi connectivity index (χ2n) is 6.25. The molecular formula is C20H26O4. The molecule has 4 heteroatoms. The Kier molecular flexibility index (Phi) is 6.76. The quantitative estimate of drug-likeness (QED) is 0.742. The smallest absolute Gasteiger partial charge is 0.168 e. The van der Waals surface area contributed by atoms with Crippen molar-refractivity contribution in [2.45, 2.75) is 39.4 Å². The molecule has 1 aromatic carbocycles. The van der Waals surface area contributed by atoms with Gasteiger partial charge in [0.05, 0.1) is 31.7 Å². The zero-order valence-electron chi connectivity index (χ0n) is 14.4. The standard InChI is InChI=1S/C20H26O4/c1-3-24-18-10-12-20(2,19(22)13-18)11-9-17(21)15-23-14-16-7-5-4-6-8-16/h4-9,11,13,17,21H,3,10,12,14-15H2,1-2H3/b11-9+/t17-,20+/m1/s1. The summed E-state index contributed by atoms with van der Waals surface area (Å²) in [6.45, 7) is 5.04. The van der Waals surface area contributed by atoms with Crippen molar-refractivity contribution in [2.24, 2.45) is 5.41 Å². The van der Waals surface area contributed by atoms with Crippen LogP contribution in [0.1, 0.15) is 32.3 Å². The van der Waals surface area contributed by atoms with Gasteiger partial charge in [-0.25, -0.2) is 0 Å². The summed E-state index contributed by atoms with van der Waals surface area (Å²) < 4.78 is 10.9. The van der Waals surface area contributed by atoms with Crippen LogP contribution in [-0.4, -0.2) is 30.2 Å². The molecule has 130 valence electrons. The number of ether oxygens (including phenoxy) is 2. The number of aliphatic hydroxyl groups is 1. The highest BCUT2D eigenvalue weighted by molar-refractivity contribution is 5.97. The zero-order valence-corrected chi connectivity index (χ0v) is 14.4. The molecule has 0 aliphatic heterocycles. The van der Waals surface area contributed by atoms with Crippen LogP contribution < -0.4 is 0 Å². The molecule has 0 bridgehead atoms. The van der Waals surface area contributed by atoms with Crippen LogP contribution in [0.3, 0.4) is 0 Å². The molecule has 2 rings (SSSR count). The van der Waals surface area contributed by atoms with Crippen LogP contribution in [0.15, 0.2) is 54.3 Å². The number of aliphatic hydroxyl groups excluding tert-OH is 1. The molecule has 0 heterocycles. The second kappa shape index (κ2) is 8.81. The van der Waals surface area contributed by atoms with Gasteiger partial charge < -0.3 is 14.6 Å². The summed E-state index contributed by atoms with van der Waals surface area (Å²) in [6.07, 6.45) is 5.73. The maximum Gasteiger partial charge on any atom is 0.168 e. The van der Waals surface area contributed by atoms with Crippen molar-refractivity contribution in [3.63, 3.8) is 0 Å². The van der Waals surface area contributed by atoms with E-state index < -0.39 is 11.5 Å². The molecule has 0 saturated heterocycles. The predicted molar refractivity (Wildman–Crippen MR) is 93.3 cm³/mol. The maximum absolute atomic E-state index is 12.3. The third-order valence-corrected chi connectivity index (χ3v) is 4.16. The first-order valence-electron chi connectivity index (χ1n) is 8.40. The lowest BCUT2D eigenvalue weighted by atomic mass is 9.77. The molecule has 0 aromatic heterocycles. The Balaban J connectivity index is 1.82. The van der Waals surface area contributed by atoms with Gasteiger partial charge in [-0.05, 0) is 25.8 Å². The molecule has 0 radical (unpaired) electrons. The molecule has 24 heavy (non-hydrogen) atoms. The van der Waals surface area contributed by atoms with E-state index in [1.54, 1.807) is 18.2 Å². The Hall–Kier alpha value is -1.91. The minimum Gasteiger partial charge on any atom is -0.498 e. The van der Waals surface area contributed by atoms with Crippen molar-refractivity contribution in [3.05, 3.63) is 59.9 Å². The van der Waals surface area contributed by atoms with Gasteiger partial charge in [0.25, 0.3) is 0 Å². The van der Waals surface area contributed by atoms with Crippen LogP contribution in [0.4, 0.5) is 0 Å². The predicted octanol–water partition coefficient (Wildman–Crippen LogP) is 3.41. The Morgan fingerprint density at radius 2 is 2.08 bits per heavy atom. The summed E-state index contributed by atoms with van der Waals surface area (Å²) in [7, 11) is 0. The molecule has 0 fully saturated rings. The van der Waals surface area contributed by atoms with Crippen molar-refractivity contribution in [3.8, 4) is 0 Å². The SMILES string of the molecule is CCOC1=CC(=O)[C@@](C)(/C=C/[C@@H](O)COCc2ccccc2)CC1. The van der Waals surface area contributed by atoms with Crippen LogP contribution in [0.5, 0.6) is 0 Å². The monoisotopic (exact) mass is 330 g/mol. The van der Waals surface area contributed by atoms with E-state index in [4.69, 9.17) is 9.47 Å². The summed E-state index contributed by atoms with van der Waals surface area (Å²) >= 11 is 0. The molecule has 0 saturated carbocycles. The average Bonchev–Trinajstić information content (AvgIpc) is 2.58. The highest BCUT2D eigenvalue weighted by atomic mass is 16.5. The van der Waals surface area contributed by atoms with E-state index in [0.717, 1.165) is 17.7 Å². The van der Waals surface area contributed by atoms with Gasteiger partial charge in [-0.1, -0.05) is 42.5 Å². The molecule has 2 atom stereocenters. The normalized spacial score (nSPS) is 22.5. The zero-order chi connectivity index (χ0) is 17.4. The first kappa shape index (κ1) is 18.4. The number of hydrogen-bond acceptors (Lipinski definition) is 4. The van der Waals surface area contributed by atoms with Crippen molar-refractivity contribution in [2.75, 3.05) is 13.2 Å². The van der Waals surface area contributed by atoms with E-state index in [2.05, 4.69) is 0 Å². The second-order valence-corrected chi connectivity index (χ2v) is 6.25. The Bertz CT molecular complexity index is 591. The molecule has 0 spiro atoms. The van der Waals surface area contributed by atoms with Crippen molar-refractivity contribution in [1.82, 2.24) is 0 Å². The summed E-state index contributed by atoms with van der Waals surface area (Å²) in [6, 6.07) is 9.82. The van der Waals surface area contributed by atoms with E-state index in [1.165, 1.54) is 0 Å². The van der Waals surface area contributed by atoms with E-state index in [0.29, 0.717) is 19.6 Å². The molecular weight excluding hydrogens is 304 g/mol. The molecule has 1 aliphatic rings. The molecule has 1 aromatic rings. The first-order chi connectivity index (χ1) is 11.5. The number of rotatable bonds is 8. The van der Waals surface area contributed by atoms with E-state index >= 15 is 0 Å². The third-order valence-electron chi connectivity index (χ3n) is 4.16. The molecule has 0 amide bonds. The Labute approximate surface area is 143 Å². The van der Waals surface area contributed by atoms with Crippen LogP contribution in [0.25, 0.3) is 0 Å². The van der Waals surface area contributed by atoms with Gasteiger partial charge in [-0.3, -0.25) is 4.79 Å². The fourth-order valence-corrected chi connectivity index (χ4v) is 2.60. The van der Waals surface area contributed by atoms with Crippen molar-refractivity contribution in [1.29, 1.82) is 0 Å². The molecule has 0 unspecified atom stereocenters. The fraction of sp³-hybridized carbons (Fsp3) is 0.450. The van der Waals surface area contributed by atoms with Crippen LogP contribution in [0, 0.1) is 5.41 Å². The summed E-state index contributed by atoms with van der Waals surface area (Å²) in [5, 5.41) is 10.0. The largest absolute Gasteiger partial charge is 0.498 e. The summed E-state index contributed by atoms with van der Waals surface area (Å²) in [5.74, 6) is 0.769. The van der Waals surface area contributed by atoms with Gasteiger partial charge in [0.2, 0.25) is 0 Å². The van der Waals surface area contributed by atoms with E-state index in [-0.39, 0.29) is 12.4 Å². The number of benzene rings is 1. The number of carbonyl (C=O) groups is 1. The van der Waals surface area contributed by atoms with Crippen LogP contribution in [-0.2, 0) is 20.9 Å². The van der Waals surface area contributed by atoms with E-state index in [1.807, 2.05) is 44.2 Å². The highest BCUT2D eigenvalue weighted by Crippen LogP contribution is 2.34. The minimum atomic E-state index is -0.726. The lowest BCUT2D eigenvalue weighted by Crippen LogP contribution is -2.29. The van der Waals surface area contributed by atoms with Crippen LogP contribution >= 0.6 is 0 Å². The number of allylic oxidation sites excluding steroid dienone is 3. The summed E-state index contributed by atoms with van der Waals surface area (Å²) in [4.78, 5) is 12.3. The van der Waals surface area contributed by atoms with Crippen LogP contribution in [0.2, 0.25) is 0 Å². The van der Waals surface area contributed by atoms with Gasteiger partial charge in [0, 0.05) is 17.9 Å². The van der Waals surface area contributed by atoms with Gasteiger partial charge in [0.15, 0.2) is 5.78 Å². The van der Waals surface area contributed by atoms with Crippen molar-refractivity contribution < 1.29 is 19.4 Å². The van der Waals surface area contributed by atoms with E-state index in [9.17, 15) is 9.90 Å². The molecule has 1 N–H and O–H groups in total. The highest BCUT2D eigenvalue weighted by Gasteiger charge is 2.33.